The summed E-state index contributed by atoms with van der Waals surface area (Å²) in [6.07, 6.45) is -2.64. The van der Waals surface area contributed by atoms with Gasteiger partial charge in [-0.1, -0.05) is 18.2 Å². The lowest BCUT2D eigenvalue weighted by atomic mass is 9.99. The Hall–Kier alpha value is -3.09. The number of benzene rings is 2. The van der Waals surface area contributed by atoms with E-state index in [-0.39, 0.29) is 5.69 Å². The maximum absolute atomic E-state index is 13.4. The van der Waals surface area contributed by atoms with E-state index in [2.05, 4.69) is 0 Å². The minimum atomic E-state index is -4.49. The molecule has 4 nitrogen and oxygen atoms in total. The number of amides is 2. The van der Waals surface area contributed by atoms with Crippen LogP contribution in [0.4, 0.5) is 18.9 Å². The molecule has 4 rings (SSSR count). The van der Waals surface area contributed by atoms with Gasteiger partial charge in [-0.3, -0.25) is 9.59 Å². The Morgan fingerprint density at radius 3 is 2.03 bits per heavy atom. The summed E-state index contributed by atoms with van der Waals surface area (Å²) < 4.78 is 38.7. The van der Waals surface area contributed by atoms with Crippen molar-refractivity contribution in [3.8, 4) is 0 Å². The van der Waals surface area contributed by atoms with E-state index in [0.717, 1.165) is 41.0 Å². The average Bonchev–Trinajstić information content (AvgIpc) is 3.30. The molecule has 2 aromatic carbocycles. The first-order chi connectivity index (χ1) is 14.2. The molecule has 2 heterocycles. The number of imide groups is 1. The van der Waals surface area contributed by atoms with Crippen LogP contribution in [0.3, 0.4) is 0 Å². The number of hydrogen-bond acceptors (Lipinski definition) is 3. The van der Waals surface area contributed by atoms with Crippen LogP contribution in [0.1, 0.15) is 35.1 Å². The SMILES string of the molecule is Cc1ccc(C2=C(N3CCCC3)C(=O)N(c3ccc(C(F)(F)F)cc3)C2=O)cc1C. The number of anilines is 1. The number of nitrogens with zero attached hydrogens (tertiary/aromatic N) is 2. The van der Waals surface area contributed by atoms with Crippen molar-refractivity contribution < 1.29 is 22.8 Å². The quantitative estimate of drug-likeness (QED) is 0.684. The fourth-order valence-corrected chi connectivity index (χ4v) is 3.94. The van der Waals surface area contributed by atoms with Gasteiger partial charge in [0.2, 0.25) is 0 Å². The van der Waals surface area contributed by atoms with Crippen molar-refractivity contribution in [2.24, 2.45) is 0 Å². The zero-order valence-electron chi connectivity index (χ0n) is 16.7. The molecule has 2 aliphatic heterocycles. The van der Waals surface area contributed by atoms with Crippen LogP contribution in [0.2, 0.25) is 0 Å². The van der Waals surface area contributed by atoms with Crippen molar-refractivity contribution in [3.63, 3.8) is 0 Å². The summed E-state index contributed by atoms with van der Waals surface area (Å²) in [6.45, 7) is 5.24. The molecule has 156 valence electrons. The third-order valence-electron chi connectivity index (χ3n) is 5.73. The van der Waals surface area contributed by atoms with E-state index in [1.807, 2.05) is 36.9 Å². The van der Waals surface area contributed by atoms with Crippen molar-refractivity contribution in [2.75, 3.05) is 18.0 Å². The van der Waals surface area contributed by atoms with Gasteiger partial charge in [0.05, 0.1) is 16.8 Å². The lowest BCUT2D eigenvalue weighted by molar-refractivity contribution is -0.137. The molecule has 0 unspecified atom stereocenters. The van der Waals surface area contributed by atoms with Gasteiger partial charge in [-0.15, -0.1) is 0 Å². The molecule has 0 saturated carbocycles. The van der Waals surface area contributed by atoms with Crippen LogP contribution in [-0.4, -0.2) is 29.8 Å². The standard InChI is InChI=1S/C23H21F3N2O2/c1-14-5-6-16(13-15(14)2)19-20(27-11-3-4-12-27)22(30)28(21(19)29)18-9-7-17(8-10-18)23(24,25)26/h5-10,13H,3-4,11-12H2,1-2H3. The Labute approximate surface area is 172 Å². The first-order valence-corrected chi connectivity index (χ1v) is 9.81. The predicted molar refractivity (Wildman–Crippen MR) is 108 cm³/mol. The summed E-state index contributed by atoms with van der Waals surface area (Å²) in [5.41, 5.74) is 2.66. The molecule has 1 saturated heterocycles. The van der Waals surface area contributed by atoms with Crippen molar-refractivity contribution in [2.45, 2.75) is 32.9 Å². The van der Waals surface area contributed by atoms with Crippen LogP contribution in [0.15, 0.2) is 48.2 Å². The molecular formula is C23H21F3N2O2. The van der Waals surface area contributed by atoms with Crippen LogP contribution in [0, 0.1) is 13.8 Å². The molecule has 0 N–H and O–H groups in total. The second kappa shape index (κ2) is 7.31. The second-order valence-corrected chi connectivity index (χ2v) is 7.71. The average molecular weight is 414 g/mol. The van der Waals surface area contributed by atoms with Gasteiger partial charge < -0.3 is 4.90 Å². The van der Waals surface area contributed by atoms with Crippen LogP contribution in [0.25, 0.3) is 5.57 Å². The summed E-state index contributed by atoms with van der Waals surface area (Å²) >= 11 is 0. The van der Waals surface area contributed by atoms with Gasteiger partial charge in [0.15, 0.2) is 0 Å². The molecule has 2 amide bonds. The third-order valence-corrected chi connectivity index (χ3v) is 5.73. The Bertz CT molecular complexity index is 1050. The number of hydrogen-bond donors (Lipinski definition) is 0. The zero-order valence-corrected chi connectivity index (χ0v) is 16.7. The fraction of sp³-hybridized carbons (Fsp3) is 0.304. The van der Waals surface area contributed by atoms with E-state index >= 15 is 0 Å². The molecule has 0 aromatic heterocycles. The lowest BCUT2D eigenvalue weighted by Crippen LogP contribution is -2.34. The number of carbonyl (C=O) groups excluding carboxylic acids is 2. The lowest BCUT2D eigenvalue weighted by Gasteiger charge is -2.20. The van der Waals surface area contributed by atoms with Crippen molar-refractivity contribution in [3.05, 3.63) is 70.4 Å². The molecule has 0 spiro atoms. The second-order valence-electron chi connectivity index (χ2n) is 7.71. The minimum absolute atomic E-state index is 0.133. The number of aryl methyl sites for hydroxylation is 2. The number of rotatable bonds is 3. The van der Waals surface area contributed by atoms with Crippen LogP contribution < -0.4 is 4.90 Å². The van der Waals surface area contributed by atoms with Crippen LogP contribution >= 0.6 is 0 Å². The predicted octanol–water partition coefficient (Wildman–Crippen LogP) is 4.70. The van der Waals surface area contributed by atoms with Gasteiger partial charge in [0.25, 0.3) is 11.8 Å². The number of carbonyl (C=O) groups is 2. The Morgan fingerprint density at radius 1 is 0.833 bits per heavy atom. The first kappa shape index (κ1) is 20.2. The van der Waals surface area contributed by atoms with Gasteiger partial charge in [-0.25, -0.2) is 4.90 Å². The van der Waals surface area contributed by atoms with Crippen LogP contribution in [-0.2, 0) is 15.8 Å². The summed E-state index contributed by atoms with van der Waals surface area (Å²) in [5, 5.41) is 0. The Kier molecular flexibility index (Phi) is 4.92. The largest absolute Gasteiger partial charge is 0.416 e. The molecule has 0 aliphatic carbocycles. The summed E-state index contributed by atoms with van der Waals surface area (Å²) in [7, 11) is 0. The maximum Gasteiger partial charge on any atom is 0.416 e. The van der Waals surface area contributed by atoms with E-state index < -0.39 is 23.6 Å². The molecule has 2 aromatic rings. The highest BCUT2D eigenvalue weighted by atomic mass is 19.4. The Balaban J connectivity index is 1.79. The molecule has 0 radical (unpaired) electrons. The van der Waals surface area contributed by atoms with E-state index in [4.69, 9.17) is 0 Å². The van der Waals surface area contributed by atoms with Crippen LogP contribution in [0.5, 0.6) is 0 Å². The fourth-order valence-electron chi connectivity index (χ4n) is 3.94. The van der Waals surface area contributed by atoms with Crippen molar-refractivity contribution >= 4 is 23.1 Å². The third kappa shape index (κ3) is 3.38. The molecular weight excluding hydrogens is 393 g/mol. The van der Waals surface area contributed by atoms with Gasteiger partial charge >= 0.3 is 6.18 Å². The normalized spacial score (nSPS) is 17.5. The zero-order chi connectivity index (χ0) is 21.6. The molecule has 0 atom stereocenters. The summed E-state index contributed by atoms with van der Waals surface area (Å²) in [5.74, 6) is -1.00. The smallest absolute Gasteiger partial charge is 0.366 e. The number of halogens is 3. The van der Waals surface area contributed by atoms with Gasteiger partial charge in [-0.05, 0) is 67.6 Å². The minimum Gasteiger partial charge on any atom is -0.366 e. The van der Waals surface area contributed by atoms with Gasteiger partial charge in [0.1, 0.15) is 5.70 Å². The van der Waals surface area contributed by atoms with Gasteiger partial charge in [0, 0.05) is 13.1 Å². The molecule has 2 aliphatic rings. The number of likely N-dealkylation sites (tertiary alicyclic amines) is 1. The topological polar surface area (TPSA) is 40.6 Å². The maximum atomic E-state index is 13.4. The van der Waals surface area contributed by atoms with Gasteiger partial charge in [-0.2, -0.15) is 13.2 Å². The van der Waals surface area contributed by atoms with E-state index in [0.29, 0.717) is 29.9 Å². The van der Waals surface area contributed by atoms with E-state index in [9.17, 15) is 22.8 Å². The van der Waals surface area contributed by atoms with Crippen molar-refractivity contribution in [1.29, 1.82) is 0 Å². The number of alkyl halides is 3. The molecule has 1 fully saturated rings. The summed E-state index contributed by atoms with van der Waals surface area (Å²) in [6, 6.07) is 9.71. The monoisotopic (exact) mass is 414 g/mol. The van der Waals surface area contributed by atoms with E-state index in [1.165, 1.54) is 12.1 Å². The summed E-state index contributed by atoms with van der Waals surface area (Å²) in [4.78, 5) is 29.6. The first-order valence-electron chi connectivity index (χ1n) is 9.81. The molecule has 30 heavy (non-hydrogen) atoms. The highest BCUT2D eigenvalue weighted by Gasteiger charge is 2.43. The Morgan fingerprint density at radius 2 is 1.47 bits per heavy atom. The van der Waals surface area contributed by atoms with Crippen molar-refractivity contribution in [1.82, 2.24) is 4.90 Å². The highest BCUT2D eigenvalue weighted by molar-refractivity contribution is 6.45. The van der Waals surface area contributed by atoms with E-state index in [1.54, 1.807) is 0 Å². The molecule has 0 bridgehead atoms. The highest BCUT2D eigenvalue weighted by Crippen LogP contribution is 2.37. The molecule has 7 heteroatoms.